The van der Waals surface area contributed by atoms with E-state index in [1.807, 2.05) is 41.3 Å². The lowest BCUT2D eigenvalue weighted by atomic mass is 10.1. The van der Waals surface area contributed by atoms with Crippen molar-refractivity contribution in [2.75, 3.05) is 6.54 Å². The summed E-state index contributed by atoms with van der Waals surface area (Å²) in [6.07, 6.45) is 7.12. The van der Waals surface area contributed by atoms with Gasteiger partial charge in [-0.3, -0.25) is 4.79 Å². The third-order valence-electron chi connectivity index (χ3n) is 5.40. The third-order valence-corrected chi connectivity index (χ3v) is 5.40. The van der Waals surface area contributed by atoms with Gasteiger partial charge in [0.15, 0.2) is 0 Å². The van der Waals surface area contributed by atoms with E-state index in [9.17, 15) is 4.79 Å². The van der Waals surface area contributed by atoms with Gasteiger partial charge in [0.05, 0.1) is 23.3 Å². The Morgan fingerprint density at radius 1 is 1.25 bits per heavy atom. The van der Waals surface area contributed by atoms with Gasteiger partial charge in [0.1, 0.15) is 11.6 Å². The lowest BCUT2D eigenvalue weighted by Crippen LogP contribution is -2.31. The first kappa shape index (κ1) is 16.8. The highest BCUT2D eigenvalue weighted by atomic mass is 16.5. The van der Waals surface area contributed by atoms with Gasteiger partial charge in [-0.25, -0.2) is 4.98 Å². The summed E-state index contributed by atoms with van der Waals surface area (Å²) in [6.45, 7) is 2.80. The number of benzene rings is 2. The summed E-state index contributed by atoms with van der Waals surface area (Å²) >= 11 is 0. The maximum Gasteiger partial charge on any atom is 0.254 e. The van der Waals surface area contributed by atoms with Crippen LogP contribution >= 0.6 is 0 Å². The fourth-order valence-corrected chi connectivity index (χ4v) is 4.00. The Morgan fingerprint density at radius 3 is 3.07 bits per heavy atom. The van der Waals surface area contributed by atoms with Gasteiger partial charge in [-0.15, -0.1) is 0 Å². The normalized spacial score (nSPS) is 18.5. The molecule has 1 atom stereocenters. The van der Waals surface area contributed by atoms with Crippen molar-refractivity contribution < 1.29 is 9.53 Å². The van der Waals surface area contributed by atoms with Crippen LogP contribution in [0.5, 0.6) is 5.75 Å². The number of carbonyl (C=O) groups is 1. The number of rotatable bonds is 2. The second kappa shape index (κ2) is 6.68. The number of fused-ring (bicyclic) bond motifs is 2. The molecule has 1 saturated heterocycles. The summed E-state index contributed by atoms with van der Waals surface area (Å²) in [7, 11) is 0. The number of ether oxygens (including phenoxy) is 1. The zero-order valence-corrected chi connectivity index (χ0v) is 15.7. The van der Waals surface area contributed by atoms with Crippen LogP contribution in [0.1, 0.15) is 35.8 Å². The predicted molar refractivity (Wildman–Crippen MR) is 109 cm³/mol. The summed E-state index contributed by atoms with van der Waals surface area (Å²) in [6, 6.07) is 13.9. The van der Waals surface area contributed by atoms with Crippen LogP contribution < -0.4 is 4.74 Å². The molecule has 2 aliphatic heterocycles. The zero-order valence-electron chi connectivity index (χ0n) is 15.7. The number of amides is 1. The standard InChI is InChI=1S/C23H21N3O2/c1-15-8-9-18-19(13-15)25-22(24-18)20-6-4-11-26(20)23(27)17-10-12-28-21-7-3-2-5-16(21)14-17/h2-3,5,7-10,12-14,20H,4,6,11H2,1H3,(H,24,25)/t20-/m0/s1. The number of hydrogen-bond acceptors (Lipinski definition) is 3. The van der Waals surface area contributed by atoms with E-state index < -0.39 is 0 Å². The maximum absolute atomic E-state index is 13.3. The second-order valence-electron chi connectivity index (χ2n) is 7.36. The molecule has 2 aliphatic rings. The number of aryl methyl sites for hydroxylation is 1. The number of carbonyl (C=O) groups excluding carboxylic acids is 1. The summed E-state index contributed by atoms with van der Waals surface area (Å²) in [5.74, 6) is 1.63. The first-order chi connectivity index (χ1) is 13.7. The van der Waals surface area contributed by atoms with Crippen molar-refractivity contribution in [1.29, 1.82) is 0 Å². The molecule has 0 saturated carbocycles. The predicted octanol–water partition coefficient (Wildman–Crippen LogP) is 4.52. The molecule has 0 aliphatic carbocycles. The molecule has 1 fully saturated rings. The monoisotopic (exact) mass is 371 g/mol. The fourth-order valence-electron chi connectivity index (χ4n) is 4.00. The number of H-pyrrole nitrogens is 1. The van der Waals surface area contributed by atoms with Gasteiger partial charge in [0, 0.05) is 17.7 Å². The molecule has 3 heterocycles. The van der Waals surface area contributed by atoms with Crippen molar-refractivity contribution in [1.82, 2.24) is 14.9 Å². The molecule has 1 aromatic heterocycles. The smallest absolute Gasteiger partial charge is 0.254 e. The molecule has 1 amide bonds. The van der Waals surface area contributed by atoms with Crippen molar-refractivity contribution in [2.24, 2.45) is 0 Å². The lowest BCUT2D eigenvalue weighted by molar-refractivity contribution is -0.127. The van der Waals surface area contributed by atoms with Crippen molar-refractivity contribution in [3.8, 4) is 5.75 Å². The number of aromatic nitrogens is 2. The van der Waals surface area contributed by atoms with E-state index in [-0.39, 0.29) is 11.9 Å². The molecule has 5 heteroatoms. The summed E-state index contributed by atoms with van der Waals surface area (Å²) in [4.78, 5) is 23.4. The minimum atomic E-state index is -0.0334. The molecular formula is C23H21N3O2. The Kier molecular flexibility index (Phi) is 4.01. The molecule has 0 spiro atoms. The van der Waals surface area contributed by atoms with E-state index in [0.29, 0.717) is 5.57 Å². The van der Waals surface area contributed by atoms with Gasteiger partial charge >= 0.3 is 0 Å². The Morgan fingerprint density at radius 2 is 2.14 bits per heavy atom. The van der Waals surface area contributed by atoms with Gasteiger partial charge in [-0.05, 0) is 55.7 Å². The van der Waals surface area contributed by atoms with Crippen LogP contribution in [-0.2, 0) is 4.79 Å². The average Bonchev–Trinajstić information content (AvgIpc) is 3.28. The number of para-hydroxylation sites is 1. The quantitative estimate of drug-likeness (QED) is 0.720. The van der Waals surface area contributed by atoms with Crippen LogP contribution in [0, 0.1) is 6.92 Å². The number of likely N-dealkylation sites (tertiary alicyclic amines) is 1. The van der Waals surface area contributed by atoms with Gasteiger partial charge in [-0.2, -0.15) is 0 Å². The van der Waals surface area contributed by atoms with Crippen molar-refractivity contribution in [3.63, 3.8) is 0 Å². The highest BCUT2D eigenvalue weighted by molar-refractivity contribution is 6.01. The first-order valence-corrected chi connectivity index (χ1v) is 9.60. The molecule has 0 unspecified atom stereocenters. The molecule has 28 heavy (non-hydrogen) atoms. The Labute approximate surface area is 163 Å². The van der Waals surface area contributed by atoms with E-state index >= 15 is 0 Å². The topological polar surface area (TPSA) is 58.2 Å². The van der Waals surface area contributed by atoms with Crippen LogP contribution in [0.3, 0.4) is 0 Å². The largest absolute Gasteiger partial charge is 0.464 e. The Hall–Kier alpha value is -3.34. The number of aromatic amines is 1. The van der Waals surface area contributed by atoms with Gasteiger partial charge in [0.25, 0.3) is 5.91 Å². The van der Waals surface area contributed by atoms with E-state index in [0.717, 1.165) is 47.6 Å². The molecular weight excluding hydrogens is 350 g/mol. The van der Waals surface area contributed by atoms with Crippen LogP contribution in [0.15, 0.2) is 60.4 Å². The van der Waals surface area contributed by atoms with E-state index in [1.54, 1.807) is 12.3 Å². The third kappa shape index (κ3) is 2.89. The highest BCUT2D eigenvalue weighted by Gasteiger charge is 2.33. The highest BCUT2D eigenvalue weighted by Crippen LogP contribution is 2.34. The molecule has 3 aromatic rings. The summed E-state index contributed by atoms with van der Waals surface area (Å²) in [5, 5.41) is 0. The average molecular weight is 371 g/mol. The van der Waals surface area contributed by atoms with Crippen LogP contribution in [0.2, 0.25) is 0 Å². The van der Waals surface area contributed by atoms with Crippen LogP contribution in [0.25, 0.3) is 17.1 Å². The summed E-state index contributed by atoms with van der Waals surface area (Å²) < 4.78 is 5.63. The number of imidazole rings is 1. The minimum absolute atomic E-state index is 0.00990. The fraction of sp³-hybridized carbons (Fsp3) is 0.217. The van der Waals surface area contributed by atoms with Gasteiger partial charge in [-0.1, -0.05) is 24.3 Å². The second-order valence-corrected chi connectivity index (χ2v) is 7.36. The Bertz CT molecular complexity index is 1130. The van der Waals surface area contributed by atoms with E-state index in [1.165, 1.54) is 5.56 Å². The van der Waals surface area contributed by atoms with Crippen molar-refractivity contribution in [2.45, 2.75) is 25.8 Å². The maximum atomic E-state index is 13.3. The number of nitrogens with one attached hydrogen (secondary N) is 1. The van der Waals surface area contributed by atoms with E-state index in [4.69, 9.17) is 9.72 Å². The molecule has 5 nitrogen and oxygen atoms in total. The Balaban J connectivity index is 1.48. The van der Waals surface area contributed by atoms with Crippen molar-refractivity contribution >= 4 is 23.0 Å². The molecule has 0 radical (unpaired) electrons. The molecule has 5 rings (SSSR count). The molecule has 2 aromatic carbocycles. The minimum Gasteiger partial charge on any atom is -0.464 e. The first-order valence-electron chi connectivity index (χ1n) is 9.60. The van der Waals surface area contributed by atoms with Crippen molar-refractivity contribution in [3.05, 3.63) is 77.3 Å². The molecule has 140 valence electrons. The van der Waals surface area contributed by atoms with Gasteiger partial charge < -0.3 is 14.6 Å². The number of nitrogens with zero attached hydrogens (tertiary/aromatic N) is 2. The van der Waals surface area contributed by atoms with Crippen LogP contribution in [0.4, 0.5) is 0 Å². The SMILES string of the molecule is Cc1ccc2nc([C@@H]3CCCN3C(=O)C3=Cc4ccccc4OC=C3)[nH]c2c1. The van der Waals surface area contributed by atoms with E-state index in [2.05, 4.69) is 24.0 Å². The zero-order chi connectivity index (χ0) is 19.1. The molecule has 1 N–H and O–H groups in total. The molecule has 0 bridgehead atoms. The lowest BCUT2D eigenvalue weighted by Gasteiger charge is -2.23. The van der Waals surface area contributed by atoms with Gasteiger partial charge in [0.2, 0.25) is 0 Å². The summed E-state index contributed by atoms with van der Waals surface area (Å²) in [5.41, 5.74) is 4.69. The van der Waals surface area contributed by atoms with Crippen LogP contribution in [-0.4, -0.2) is 27.3 Å². The number of hydrogen-bond donors (Lipinski definition) is 1.